The standard InChI is InChI=1S/C23H34ClN5O2/c24-18-8-9-21-26-22(23(31)28-12-4-2-1-3-5-13-28)20(29(21)16-18)15-25-10-14-27-11-6-7-19(30)17-27/h8-9,16,19,25,30H,1-7,10-15,17H2/t19-/m0/s1. The maximum Gasteiger partial charge on any atom is 0.274 e. The van der Waals surface area contributed by atoms with Gasteiger partial charge in [-0.15, -0.1) is 0 Å². The molecule has 31 heavy (non-hydrogen) atoms. The van der Waals surface area contributed by atoms with E-state index in [1.54, 1.807) is 0 Å². The van der Waals surface area contributed by atoms with Gasteiger partial charge in [0.2, 0.25) is 0 Å². The van der Waals surface area contributed by atoms with Crippen LogP contribution in [0.25, 0.3) is 5.65 Å². The second-order valence-electron chi connectivity index (χ2n) is 8.82. The summed E-state index contributed by atoms with van der Waals surface area (Å²) in [5, 5.41) is 14.0. The molecule has 2 aromatic rings. The summed E-state index contributed by atoms with van der Waals surface area (Å²) in [6.45, 7) is 5.60. The minimum atomic E-state index is -0.211. The van der Waals surface area contributed by atoms with E-state index < -0.39 is 0 Å². The van der Waals surface area contributed by atoms with Crippen molar-refractivity contribution in [3.05, 3.63) is 34.7 Å². The minimum Gasteiger partial charge on any atom is -0.392 e. The first-order valence-electron chi connectivity index (χ1n) is 11.7. The Bertz CT molecular complexity index is 878. The summed E-state index contributed by atoms with van der Waals surface area (Å²) in [7, 11) is 0. The molecular formula is C23H34ClN5O2. The van der Waals surface area contributed by atoms with Gasteiger partial charge in [-0.05, 0) is 44.4 Å². The number of nitrogens with zero attached hydrogens (tertiary/aromatic N) is 4. The predicted molar refractivity (Wildman–Crippen MR) is 123 cm³/mol. The lowest BCUT2D eigenvalue weighted by molar-refractivity contribution is 0.0709. The monoisotopic (exact) mass is 447 g/mol. The van der Waals surface area contributed by atoms with Gasteiger partial charge in [-0.2, -0.15) is 0 Å². The number of carbonyl (C=O) groups excluding carboxylic acids is 1. The largest absolute Gasteiger partial charge is 0.392 e. The van der Waals surface area contributed by atoms with Gasteiger partial charge in [0.05, 0.1) is 16.8 Å². The number of aliphatic hydroxyl groups is 1. The number of imidazole rings is 1. The minimum absolute atomic E-state index is 0.0256. The molecule has 2 aromatic heterocycles. The summed E-state index contributed by atoms with van der Waals surface area (Å²) in [4.78, 5) is 22.4. The number of likely N-dealkylation sites (tertiary alicyclic amines) is 2. The second-order valence-corrected chi connectivity index (χ2v) is 9.25. The fourth-order valence-electron chi connectivity index (χ4n) is 4.69. The molecule has 0 bridgehead atoms. The van der Waals surface area contributed by atoms with E-state index in [1.807, 2.05) is 27.6 Å². The van der Waals surface area contributed by atoms with Gasteiger partial charge in [0, 0.05) is 45.5 Å². The van der Waals surface area contributed by atoms with Gasteiger partial charge in [-0.3, -0.25) is 9.69 Å². The molecule has 0 radical (unpaired) electrons. The Morgan fingerprint density at radius 2 is 1.90 bits per heavy atom. The number of halogens is 1. The number of aliphatic hydroxyl groups excluding tert-OH is 1. The average molecular weight is 448 g/mol. The highest BCUT2D eigenvalue weighted by Crippen LogP contribution is 2.20. The first kappa shape index (κ1) is 22.5. The van der Waals surface area contributed by atoms with Crippen LogP contribution in [0.1, 0.15) is 61.1 Å². The van der Waals surface area contributed by atoms with Gasteiger partial charge in [0.1, 0.15) is 5.65 Å². The van der Waals surface area contributed by atoms with Crippen molar-refractivity contribution >= 4 is 23.2 Å². The zero-order valence-corrected chi connectivity index (χ0v) is 19.0. The third-order valence-electron chi connectivity index (χ3n) is 6.41. The van der Waals surface area contributed by atoms with E-state index in [4.69, 9.17) is 16.6 Å². The molecule has 0 saturated carbocycles. The molecule has 8 heteroatoms. The molecular weight excluding hydrogens is 414 g/mol. The molecule has 1 atom stereocenters. The van der Waals surface area contributed by atoms with Gasteiger partial charge in [0.25, 0.3) is 5.91 Å². The number of aromatic nitrogens is 2. The molecule has 2 N–H and O–H groups in total. The molecule has 2 aliphatic heterocycles. The van der Waals surface area contributed by atoms with Gasteiger partial charge < -0.3 is 19.7 Å². The number of piperidine rings is 1. The summed E-state index contributed by atoms with van der Waals surface area (Å²) >= 11 is 6.25. The molecule has 0 aromatic carbocycles. The quantitative estimate of drug-likeness (QED) is 0.666. The Labute approximate surface area is 189 Å². The smallest absolute Gasteiger partial charge is 0.274 e. The highest BCUT2D eigenvalue weighted by molar-refractivity contribution is 6.30. The van der Waals surface area contributed by atoms with Crippen LogP contribution in [0.3, 0.4) is 0 Å². The van der Waals surface area contributed by atoms with E-state index in [2.05, 4.69) is 10.2 Å². The van der Waals surface area contributed by atoms with Crippen LogP contribution >= 0.6 is 11.6 Å². The molecule has 7 nitrogen and oxygen atoms in total. The van der Waals surface area contributed by atoms with Crippen LogP contribution in [-0.4, -0.2) is 75.6 Å². The fraction of sp³-hybridized carbons (Fsp3) is 0.652. The summed E-state index contributed by atoms with van der Waals surface area (Å²) in [6.07, 6.45) is 9.31. The topological polar surface area (TPSA) is 73.1 Å². The molecule has 170 valence electrons. The normalized spacial score (nSPS) is 21.2. The Morgan fingerprint density at radius 3 is 2.68 bits per heavy atom. The highest BCUT2D eigenvalue weighted by Gasteiger charge is 2.24. The van der Waals surface area contributed by atoms with E-state index in [0.717, 1.165) is 76.3 Å². The molecule has 2 fully saturated rings. The third-order valence-corrected chi connectivity index (χ3v) is 6.63. The molecule has 2 saturated heterocycles. The van der Waals surface area contributed by atoms with Crippen LogP contribution in [0.5, 0.6) is 0 Å². The lowest BCUT2D eigenvalue weighted by Gasteiger charge is -2.29. The van der Waals surface area contributed by atoms with Crippen LogP contribution in [0, 0.1) is 0 Å². The van der Waals surface area contributed by atoms with Gasteiger partial charge >= 0.3 is 0 Å². The van der Waals surface area contributed by atoms with Crippen molar-refractivity contribution in [2.75, 3.05) is 39.3 Å². The number of hydrogen-bond acceptors (Lipinski definition) is 5. The zero-order valence-electron chi connectivity index (χ0n) is 18.2. The SMILES string of the molecule is O=C(c1nc2ccc(Cl)cn2c1CNCCN1CCC[C@H](O)C1)N1CCCCCCC1. The van der Waals surface area contributed by atoms with Crippen LogP contribution in [0.4, 0.5) is 0 Å². The van der Waals surface area contributed by atoms with E-state index >= 15 is 0 Å². The predicted octanol–water partition coefficient (Wildman–Crippen LogP) is 2.94. The number of rotatable bonds is 6. The maximum absolute atomic E-state index is 13.4. The van der Waals surface area contributed by atoms with Gasteiger partial charge in [-0.25, -0.2) is 4.98 Å². The van der Waals surface area contributed by atoms with Crippen molar-refractivity contribution in [1.82, 2.24) is 24.5 Å². The van der Waals surface area contributed by atoms with E-state index in [-0.39, 0.29) is 12.0 Å². The van der Waals surface area contributed by atoms with E-state index in [9.17, 15) is 9.90 Å². The van der Waals surface area contributed by atoms with Gasteiger partial charge in [-0.1, -0.05) is 30.9 Å². The molecule has 1 amide bonds. The molecule has 2 aliphatic rings. The first-order valence-corrected chi connectivity index (χ1v) is 12.1. The Kier molecular flexibility index (Phi) is 7.82. The lowest BCUT2D eigenvalue weighted by Crippen LogP contribution is -2.41. The summed E-state index contributed by atoms with van der Waals surface area (Å²) in [6, 6.07) is 3.68. The summed E-state index contributed by atoms with van der Waals surface area (Å²) in [5.74, 6) is 0.0256. The number of fused-ring (bicyclic) bond motifs is 1. The Hall–Kier alpha value is -1.67. The Balaban J connectivity index is 1.47. The van der Waals surface area contributed by atoms with Gasteiger partial charge in [0.15, 0.2) is 5.69 Å². The maximum atomic E-state index is 13.4. The highest BCUT2D eigenvalue weighted by atomic mass is 35.5. The van der Waals surface area contributed by atoms with E-state index in [0.29, 0.717) is 17.3 Å². The van der Waals surface area contributed by atoms with Crippen molar-refractivity contribution < 1.29 is 9.90 Å². The molecule has 0 aliphatic carbocycles. The second kappa shape index (κ2) is 10.8. The van der Waals surface area contributed by atoms with E-state index in [1.165, 1.54) is 19.3 Å². The molecule has 4 rings (SSSR count). The number of pyridine rings is 1. The van der Waals surface area contributed by atoms with Crippen LogP contribution in [-0.2, 0) is 6.54 Å². The van der Waals surface area contributed by atoms with Crippen molar-refractivity contribution in [2.45, 2.75) is 57.6 Å². The fourth-order valence-corrected chi connectivity index (χ4v) is 4.85. The molecule has 4 heterocycles. The zero-order chi connectivity index (χ0) is 21.6. The average Bonchev–Trinajstić information content (AvgIpc) is 3.08. The summed E-state index contributed by atoms with van der Waals surface area (Å²) < 4.78 is 1.94. The van der Waals surface area contributed by atoms with Crippen LogP contribution < -0.4 is 5.32 Å². The number of amides is 1. The number of carbonyl (C=O) groups is 1. The van der Waals surface area contributed by atoms with Crippen LogP contribution in [0.2, 0.25) is 5.02 Å². The van der Waals surface area contributed by atoms with Crippen molar-refractivity contribution in [3.63, 3.8) is 0 Å². The van der Waals surface area contributed by atoms with Crippen molar-refractivity contribution in [2.24, 2.45) is 0 Å². The number of hydrogen-bond donors (Lipinski definition) is 2. The lowest BCUT2D eigenvalue weighted by atomic mass is 10.1. The third kappa shape index (κ3) is 5.77. The molecule has 0 spiro atoms. The first-order chi connectivity index (χ1) is 15.1. The number of nitrogens with one attached hydrogen (secondary N) is 1. The summed E-state index contributed by atoms with van der Waals surface area (Å²) in [5.41, 5.74) is 2.14. The van der Waals surface area contributed by atoms with Crippen molar-refractivity contribution in [3.8, 4) is 0 Å². The molecule has 0 unspecified atom stereocenters. The van der Waals surface area contributed by atoms with Crippen LogP contribution in [0.15, 0.2) is 18.3 Å². The number of β-amino-alcohol motifs (C(OH)–C–C–N with tert-alkyl or cyclic N) is 1. The van der Waals surface area contributed by atoms with Crippen molar-refractivity contribution in [1.29, 1.82) is 0 Å². The Morgan fingerprint density at radius 1 is 1.13 bits per heavy atom.